The van der Waals surface area contributed by atoms with Crippen LogP contribution >= 0.6 is 11.3 Å². The van der Waals surface area contributed by atoms with Gasteiger partial charge >= 0.3 is 0 Å². The lowest BCUT2D eigenvalue weighted by atomic mass is 10.2. The lowest BCUT2D eigenvalue weighted by molar-refractivity contribution is -0.689. The number of hydrogen-bond donors (Lipinski definition) is 2. The van der Waals surface area contributed by atoms with E-state index >= 15 is 0 Å². The topological polar surface area (TPSA) is 61.9 Å². The van der Waals surface area contributed by atoms with E-state index in [1.807, 2.05) is 20.2 Å². The molecule has 2 N–H and O–H groups in total. The van der Waals surface area contributed by atoms with Gasteiger partial charge in [-0.05, 0) is 6.92 Å². The first-order valence-corrected chi connectivity index (χ1v) is 7.11. The van der Waals surface area contributed by atoms with E-state index in [9.17, 15) is 0 Å². The van der Waals surface area contributed by atoms with Gasteiger partial charge in [0.2, 0.25) is 5.51 Å². The Bertz CT molecular complexity index is 568. The molecule has 19 heavy (non-hydrogen) atoms. The van der Waals surface area contributed by atoms with Crippen LogP contribution in [0.4, 0.5) is 5.82 Å². The first kappa shape index (κ1) is 13.9. The number of rotatable bonds is 5. The van der Waals surface area contributed by atoms with Gasteiger partial charge in [-0.1, -0.05) is 11.3 Å². The summed E-state index contributed by atoms with van der Waals surface area (Å²) in [5.74, 6) is 1.63. The van der Waals surface area contributed by atoms with Crippen LogP contribution in [0.3, 0.4) is 0 Å². The van der Waals surface area contributed by atoms with Crippen LogP contribution in [-0.4, -0.2) is 28.7 Å². The van der Waals surface area contributed by atoms with E-state index in [-0.39, 0.29) is 6.61 Å². The fraction of sp³-hybridized carbons (Fsp3) is 0.462. The zero-order valence-corrected chi connectivity index (χ0v) is 12.3. The van der Waals surface area contributed by atoms with E-state index < -0.39 is 0 Å². The normalized spacial score (nSPS) is 10.7. The molecule has 0 saturated heterocycles. The SMILES string of the molecule is CNc1nc(C)ncc1C[n+]1csc(CCO)c1C. The molecule has 0 aliphatic rings. The smallest absolute Gasteiger partial charge is 0.225 e. The van der Waals surface area contributed by atoms with Gasteiger partial charge < -0.3 is 10.4 Å². The van der Waals surface area contributed by atoms with Crippen molar-refractivity contribution >= 4 is 17.2 Å². The van der Waals surface area contributed by atoms with Crippen LogP contribution in [0.5, 0.6) is 0 Å². The number of nitrogens with one attached hydrogen (secondary N) is 1. The third-order valence-corrected chi connectivity index (χ3v) is 4.20. The zero-order chi connectivity index (χ0) is 13.8. The van der Waals surface area contributed by atoms with Crippen molar-refractivity contribution in [1.82, 2.24) is 9.97 Å². The van der Waals surface area contributed by atoms with E-state index in [1.54, 1.807) is 11.3 Å². The molecule has 2 rings (SSSR count). The van der Waals surface area contributed by atoms with Gasteiger partial charge in [-0.3, -0.25) is 0 Å². The predicted octanol–water partition coefficient (Wildman–Crippen LogP) is 1.07. The Morgan fingerprint density at radius 1 is 1.42 bits per heavy atom. The summed E-state index contributed by atoms with van der Waals surface area (Å²) in [6.07, 6.45) is 2.58. The number of thiazole rings is 1. The second kappa shape index (κ2) is 6.08. The van der Waals surface area contributed by atoms with Crippen molar-refractivity contribution < 1.29 is 9.67 Å². The Labute approximate surface area is 117 Å². The maximum atomic E-state index is 9.02. The van der Waals surface area contributed by atoms with Gasteiger partial charge in [-0.2, -0.15) is 4.57 Å². The van der Waals surface area contributed by atoms with Crippen molar-refractivity contribution in [2.24, 2.45) is 0 Å². The third-order valence-electron chi connectivity index (χ3n) is 3.06. The summed E-state index contributed by atoms with van der Waals surface area (Å²) in [5, 5.41) is 12.1. The Kier molecular flexibility index (Phi) is 4.44. The quantitative estimate of drug-likeness (QED) is 0.804. The standard InChI is InChI=1S/C13H19N4OS/c1-9-12(4-5-18)19-8-17(9)7-11-6-15-10(2)16-13(11)14-3/h6,8,18H,4-5,7H2,1-3H3,(H,14,15,16)/q+1. The molecule has 0 aliphatic carbocycles. The maximum Gasteiger partial charge on any atom is 0.225 e. The van der Waals surface area contributed by atoms with Gasteiger partial charge in [0.25, 0.3) is 0 Å². The fourth-order valence-corrected chi connectivity index (χ4v) is 2.94. The van der Waals surface area contributed by atoms with E-state index in [0.717, 1.165) is 23.8 Å². The van der Waals surface area contributed by atoms with Crippen LogP contribution in [0.25, 0.3) is 0 Å². The summed E-state index contributed by atoms with van der Waals surface area (Å²) in [4.78, 5) is 9.87. The van der Waals surface area contributed by atoms with E-state index in [1.165, 1.54) is 10.6 Å². The molecule has 0 amide bonds. The molecule has 0 aliphatic heterocycles. The summed E-state index contributed by atoms with van der Waals surface area (Å²) >= 11 is 1.68. The summed E-state index contributed by atoms with van der Waals surface area (Å²) in [5.41, 5.74) is 4.34. The molecule has 0 aromatic carbocycles. The number of anilines is 1. The van der Waals surface area contributed by atoms with Crippen LogP contribution in [0.15, 0.2) is 11.7 Å². The number of aromatic nitrogens is 3. The molecule has 0 spiro atoms. The average molecular weight is 279 g/mol. The molecule has 2 heterocycles. The van der Waals surface area contributed by atoms with E-state index in [2.05, 4.69) is 32.3 Å². The number of hydrogen-bond acceptors (Lipinski definition) is 5. The van der Waals surface area contributed by atoms with Gasteiger partial charge in [-0.25, -0.2) is 9.97 Å². The minimum Gasteiger partial charge on any atom is -0.396 e. The van der Waals surface area contributed by atoms with Crippen molar-refractivity contribution in [2.45, 2.75) is 26.8 Å². The van der Waals surface area contributed by atoms with Gasteiger partial charge in [0, 0.05) is 33.2 Å². The number of aliphatic hydroxyl groups excluding tert-OH is 1. The summed E-state index contributed by atoms with van der Waals surface area (Å²) in [7, 11) is 1.87. The first-order chi connectivity index (χ1) is 9.15. The molecule has 102 valence electrons. The third kappa shape index (κ3) is 3.08. The Hall–Kier alpha value is -1.53. The molecule has 0 fully saturated rings. The van der Waals surface area contributed by atoms with Crippen LogP contribution < -0.4 is 9.88 Å². The Balaban J connectivity index is 2.26. The van der Waals surface area contributed by atoms with Crippen LogP contribution in [0.1, 0.15) is 22.0 Å². The summed E-state index contributed by atoms with van der Waals surface area (Å²) in [6, 6.07) is 0. The minimum absolute atomic E-state index is 0.191. The monoisotopic (exact) mass is 279 g/mol. The second-order valence-corrected chi connectivity index (χ2v) is 5.31. The molecule has 0 unspecified atom stereocenters. The van der Waals surface area contributed by atoms with E-state index in [4.69, 9.17) is 5.11 Å². The molecular formula is C13H19N4OS+. The summed E-state index contributed by atoms with van der Waals surface area (Å²) < 4.78 is 2.17. The van der Waals surface area contributed by atoms with E-state index in [0.29, 0.717) is 6.42 Å². The van der Waals surface area contributed by atoms with Crippen molar-refractivity contribution in [2.75, 3.05) is 19.0 Å². The van der Waals surface area contributed by atoms with Gasteiger partial charge in [-0.15, -0.1) is 0 Å². The molecule has 2 aromatic rings. The molecule has 0 saturated carbocycles. The molecule has 2 aromatic heterocycles. The molecule has 6 heteroatoms. The summed E-state index contributed by atoms with van der Waals surface area (Å²) in [6.45, 7) is 4.89. The lowest BCUT2D eigenvalue weighted by Gasteiger charge is -2.05. The number of aliphatic hydroxyl groups is 1. The predicted molar refractivity (Wildman–Crippen MR) is 75.5 cm³/mol. The highest BCUT2D eigenvalue weighted by atomic mass is 32.1. The first-order valence-electron chi connectivity index (χ1n) is 6.23. The average Bonchev–Trinajstić information content (AvgIpc) is 2.74. The van der Waals surface area contributed by atoms with Crippen molar-refractivity contribution in [3.63, 3.8) is 0 Å². The van der Waals surface area contributed by atoms with Gasteiger partial charge in [0.1, 0.15) is 11.6 Å². The molecular weight excluding hydrogens is 260 g/mol. The second-order valence-electron chi connectivity index (χ2n) is 4.37. The molecule has 5 nitrogen and oxygen atoms in total. The maximum absolute atomic E-state index is 9.02. The zero-order valence-electron chi connectivity index (χ0n) is 11.5. The van der Waals surface area contributed by atoms with Crippen molar-refractivity contribution in [3.8, 4) is 0 Å². The fourth-order valence-electron chi connectivity index (χ4n) is 1.96. The molecule has 0 atom stereocenters. The Morgan fingerprint density at radius 3 is 2.89 bits per heavy atom. The highest BCUT2D eigenvalue weighted by molar-refractivity contribution is 7.09. The minimum atomic E-state index is 0.191. The van der Waals surface area contributed by atoms with Gasteiger partial charge in [0.05, 0.1) is 10.4 Å². The number of aryl methyl sites for hydroxylation is 1. The van der Waals surface area contributed by atoms with Crippen LogP contribution in [-0.2, 0) is 13.0 Å². The molecule has 0 radical (unpaired) electrons. The van der Waals surface area contributed by atoms with Crippen LogP contribution in [0, 0.1) is 13.8 Å². The largest absolute Gasteiger partial charge is 0.396 e. The molecule has 0 bridgehead atoms. The number of nitrogens with zero attached hydrogens (tertiary/aromatic N) is 3. The van der Waals surface area contributed by atoms with Gasteiger partial charge in [0.15, 0.2) is 12.2 Å². The highest BCUT2D eigenvalue weighted by Gasteiger charge is 2.17. The van der Waals surface area contributed by atoms with Crippen molar-refractivity contribution in [3.05, 3.63) is 33.7 Å². The Morgan fingerprint density at radius 2 is 2.21 bits per heavy atom. The van der Waals surface area contributed by atoms with Crippen LogP contribution in [0.2, 0.25) is 0 Å². The lowest BCUT2D eigenvalue weighted by Crippen LogP contribution is -2.35. The highest BCUT2D eigenvalue weighted by Crippen LogP contribution is 2.14. The van der Waals surface area contributed by atoms with Crippen molar-refractivity contribution in [1.29, 1.82) is 0 Å².